The fourth-order valence-corrected chi connectivity index (χ4v) is 0.490. The predicted octanol–water partition coefficient (Wildman–Crippen LogP) is -1.89. The van der Waals surface area contributed by atoms with Crippen LogP contribution < -0.4 is 11.5 Å². The largest absolute Gasteiger partial charge is 0.480 e. The maximum atomic E-state index is 10.1. The van der Waals surface area contributed by atoms with Crippen LogP contribution >= 0.6 is 0 Å². The minimum absolute atomic E-state index is 0.00579. The maximum Gasteiger partial charge on any atom is 0.320 e. The zero-order chi connectivity index (χ0) is 8.15. The van der Waals surface area contributed by atoms with Crippen molar-refractivity contribution in [2.75, 3.05) is 6.54 Å². The zero-order valence-corrected chi connectivity index (χ0v) is 5.53. The average molecular weight is 148 g/mol. The highest BCUT2D eigenvalue weighted by Crippen LogP contribution is 1.93. The van der Waals surface area contributed by atoms with E-state index in [1.165, 1.54) is 0 Å². The highest BCUT2D eigenvalue weighted by molar-refractivity contribution is 5.73. The van der Waals surface area contributed by atoms with Crippen LogP contribution in [0.4, 0.5) is 0 Å². The Hall–Kier alpha value is -0.650. The highest BCUT2D eigenvalue weighted by atomic mass is 16.4. The lowest BCUT2D eigenvalue weighted by molar-refractivity contribution is -0.139. The van der Waals surface area contributed by atoms with Crippen LogP contribution in [0, 0.1) is 0 Å². The molecule has 0 saturated carbocycles. The van der Waals surface area contributed by atoms with Gasteiger partial charge in [-0.1, -0.05) is 0 Å². The molecule has 2 atom stereocenters. The molecule has 60 valence electrons. The summed E-state index contributed by atoms with van der Waals surface area (Å²) in [5.41, 5.74) is 10.1. The number of nitrogens with two attached hydrogens (primary N) is 2. The first kappa shape index (κ1) is 9.35. The van der Waals surface area contributed by atoms with Gasteiger partial charge in [0.15, 0.2) is 0 Å². The summed E-state index contributed by atoms with van der Waals surface area (Å²) in [6.45, 7) is 0.0426. The van der Waals surface area contributed by atoms with Gasteiger partial charge in [-0.3, -0.25) is 4.79 Å². The molecule has 1 unspecified atom stereocenters. The van der Waals surface area contributed by atoms with Gasteiger partial charge in [-0.15, -0.1) is 0 Å². The Balaban J connectivity index is 3.56. The van der Waals surface area contributed by atoms with Crippen molar-refractivity contribution in [3.63, 3.8) is 0 Å². The van der Waals surface area contributed by atoms with E-state index in [4.69, 9.17) is 21.7 Å². The molecule has 0 fully saturated rings. The Labute approximate surface area is 58.6 Å². The molecule has 0 amide bonds. The van der Waals surface area contributed by atoms with E-state index in [2.05, 4.69) is 0 Å². The lowest BCUT2D eigenvalue weighted by Crippen LogP contribution is -2.36. The first-order valence-corrected chi connectivity index (χ1v) is 2.94. The molecule has 0 bridgehead atoms. The van der Waals surface area contributed by atoms with Gasteiger partial charge in [0.05, 0.1) is 6.10 Å². The molecule has 5 heteroatoms. The second-order valence-corrected chi connectivity index (χ2v) is 2.07. The van der Waals surface area contributed by atoms with Crippen molar-refractivity contribution in [1.82, 2.24) is 0 Å². The predicted molar refractivity (Wildman–Crippen MR) is 35.3 cm³/mol. The minimum Gasteiger partial charge on any atom is -0.480 e. The van der Waals surface area contributed by atoms with E-state index in [0.717, 1.165) is 0 Å². The van der Waals surface area contributed by atoms with Crippen molar-refractivity contribution in [3.8, 4) is 0 Å². The first-order chi connectivity index (χ1) is 4.57. The summed E-state index contributed by atoms with van der Waals surface area (Å²) in [6.07, 6.45) is -0.808. The molecule has 0 aromatic rings. The summed E-state index contributed by atoms with van der Waals surface area (Å²) >= 11 is 0. The molecular formula is C5H12N2O3. The number of aliphatic carboxylic acids is 1. The summed E-state index contributed by atoms with van der Waals surface area (Å²) in [7, 11) is 0. The van der Waals surface area contributed by atoms with Crippen LogP contribution in [0.25, 0.3) is 0 Å². The van der Waals surface area contributed by atoms with Gasteiger partial charge < -0.3 is 21.7 Å². The maximum absolute atomic E-state index is 10.1. The monoisotopic (exact) mass is 148 g/mol. The zero-order valence-electron chi connectivity index (χ0n) is 5.53. The molecule has 0 aromatic heterocycles. The molecule has 0 aliphatic heterocycles. The highest BCUT2D eigenvalue weighted by Gasteiger charge is 2.15. The minimum atomic E-state index is -1.12. The SMILES string of the molecule is NCC(O)C[C@@H](N)C(=O)O. The quantitative estimate of drug-likeness (QED) is 0.372. The molecule has 0 saturated heterocycles. The third kappa shape index (κ3) is 3.39. The Kier molecular flexibility index (Phi) is 3.94. The fourth-order valence-electron chi connectivity index (χ4n) is 0.490. The molecular weight excluding hydrogens is 136 g/mol. The third-order valence-electron chi connectivity index (χ3n) is 1.12. The molecule has 6 N–H and O–H groups in total. The second kappa shape index (κ2) is 4.21. The molecule has 10 heavy (non-hydrogen) atoms. The third-order valence-corrected chi connectivity index (χ3v) is 1.12. The van der Waals surface area contributed by atoms with Crippen molar-refractivity contribution < 1.29 is 15.0 Å². The van der Waals surface area contributed by atoms with Gasteiger partial charge in [0.2, 0.25) is 0 Å². The Bertz CT molecular complexity index is 117. The summed E-state index contributed by atoms with van der Waals surface area (Å²) in [6, 6.07) is -1.02. The summed E-state index contributed by atoms with van der Waals surface area (Å²) in [5, 5.41) is 17.1. The van der Waals surface area contributed by atoms with Crippen molar-refractivity contribution in [1.29, 1.82) is 0 Å². The van der Waals surface area contributed by atoms with Crippen LogP contribution in [0.5, 0.6) is 0 Å². The standard InChI is InChI=1S/C5H12N2O3/c6-2-3(8)1-4(7)5(9)10/h3-4,8H,1-2,6-7H2,(H,9,10)/t3?,4-/m1/s1. The van der Waals surface area contributed by atoms with Gasteiger partial charge in [-0.05, 0) is 0 Å². The van der Waals surface area contributed by atoms with Gasteiger partial charge in [0.1, 0.15) is 6.04 Å². The van der Waals surface area contributed by atoms with Crippen LogP contribution in [0.1, 0.15) is 6.42 Å². The van der Waals surface area contributed by atoms with Gasteiger partial charge in [-0.2, -0.15) is 0 Å². The van der Waals surface area contributed by atoms with E-state index in [0.29, 0.717) is 0 Å². The molecule has 0 radical (unpaired) electrons. The molecule has 0 aromatic carbocycles. The number of aliphatic hydroxyl groups is 1. The molecule has 0 aliphatic carbocycles. The lowest BCUT2D eigenvalue weighted by atomic mass is 10.1. The Morgan fingerprint density at radius 2 is 2.10 bits per heavy atom. The van der Waals surface area contributed by atoms with Gasteiger partial charge >= 0.3 is 5.97 Å². The van der Waals surface area contributed by atoms with E-state index < -0.39 is 18.1 Å². The molecule has 0 spiro atoms. The van der Waals surface area contributed by atoms with Crippen LogP contribution in [0.2, 0.25) is 0 Å². The van der Waals surface area contributed by atoms with E-state index in [-0.39, 0.29) is 13.0 Å². The number of carbonyl (C=O) groups is 1. The van der Waals surface area contributed by atoms with Gasteiger partial charge in [0, 0.05) is 13.0 Å². The van der Waals surface area contributed by atoms with Crippen LogP contribution in [0.15, 0.2) is 0 Å². The van der Waals surface area contributed by atoms with Gasteiger partial charge in [0.25, 0.3) is 0 Å². The summed E-state index contributed by atoms with van der Waals surface area (Å²) < 4.78 is 0. The molecule has 0 heterocycles. The van der Waals surface area contributed by atoms with Crippen molar-refractivity contribution in [2.45, 2.75) is 18.6 Å². The molecule has 5 nitrogen and oxygen atoms in total. The van der Waals surface area contributed by atoms with Crippen LogP contribution in [-0.2, 0) is 4.79 Å². The molecule has 0 rings (SSSR count). The number of carboxylic acids is 1. The average Bonchev–Trinajstić information content (AvgIpc) is 1.87. The number of hydrogen-bond acceptors (Lipinski definition) is 4. The second-order valence-electron chi connectivity index (χ2n) is 2.07. The van der Waals surface area contributed by atoms with E-state index >= 15 is 0 Å². The number of aliphatic hydroxyl groups excluding tert-OH is 1. The number of rotatable bonds is 4. The molecule has 0 aliphatic rings. The summed E-state index contributed by atoms with van der Waals surface area (Å²) in [4.78, 5) is 10.1. The topological polar surface area (TPSA) is 110 Å². The van der Waals surface area contributed by atoms with E-state index in [9.17, 15) is 4.79 Å². The number of hydrogen-bond donors (Lipinski definition) is 4. The fraction of sp³-hybridized carbons (Fsp3) is 0.800. The Morgan fingerprint density at radius 1 is 1.60 bits per heavy atom. The van der Waals surface area contributed by atoms with Crippen LogP contribution in [-0.4, -0.2) is 34.9 Å². The number of carboxylic acid groups (broad SMARTS) is 1. The van der Waals surface area contributed by atoms with E-state index in [1.54, 1.807) is 0 Å². The normalized spacial score (nSPS) is 16.3. The van der Waals surface area contributed by atoms with Gasteiger partial charge in [-0.25, -0.2) is 0 Å². The van der Waals surface area contributed by atoms with Crippen LogP contribution in [0.3, 0.4) is 0 Å². The summed E-state index contributed by atoms with van der Waals surface area (Å²) in [5.74, 6) is -1.12. The lowest BCUT2D eigenvalue weighted by Gasteiger charge is -2.09. The van der Waals surface area contributed by atoms with Crippen molar-refractivity contribution >= 4 is 5.97 Å². The smallest absolute Gasteiger partial charge is 0.320 e. The first-order valence-electron chi connectivity index (χ1n) is 2.94. The van der Waals surface area contributed by atoms with Crippen molar-refractivity contribution in [3.05, 3.63) is 0 Å². The van der Waals surface area contributed by atoms with E-state index in [1.807, 2.05) is 0 Å². The van der Waals surface area contributed by atoms with Crippen molar-refractivity contribution in [2.24, 2.45) is 11.5 Å². The Morgan fingerprint density at radius 3 is 2.40 bits per heavy atom.